The van der Waals surface area contributed by atoms with E-state index in [-0.39, 0.29) is 18.5 Å². The standard InChI is InChI=1S/C63H119NO5/c1-3-5-7-9-11-13-15-17-19-24-27-31-35-39-43-47-51-55-61(66)60(59-65)64-62(67)56-52-48-44-40-36-32-28-25-22-21-23-26-30-34-38-42-46-50-54-58-69-63(68)57-53-49-45-41-37-33-29-20-18-16-14-12-10-8-6-4-2/h20-22,29,51,55,60-61,65-66H,3-19,23-28,30-50,52-54,56-59H2,1-2H3,(H,64,67)/b22-21-,29-20-,55-51+. The molecule has 406 valence electrons. The molecule has 2 unspecified atom stereocenters. The molecular weight excluding hydrogens is 851 g/mol. The van der Waals surface area contributed by atoms with E-state index in [2.05, 4.69) is 43.5 Å². The number of nitrogens with one attached hydrogen (secondary N) is 1. The molecule has 0 aromatic carbocycles. The summed E-state index contributed by atoms with van der Waals surface area (Å²) in [4.78, 5) is 24.5. The average Bonchev–Trinajstić information content (AvgIpc) is 3.35. The highest BCUT2D eigenvalue weighted by molar-refractivity contribution is 5.76. The third-order valence-corrected chi connectivity index (χ3v) is 14.1. The van der Waals surface area contributed by atoms with Crippen molar-refractivity contribution in [1.29, 1.82) is 0 Å². The van der Waals surface area contributed by atoms with Crippen LogP contribution in [0.1, 0.15) is 328 Å². The van der Waals surface area contributed by atoms with Gasteiger partial charge in [0, 0.05) is 12.8 Å². The van der Waals surface area contributed by atoms with Crippen LogP contribution in [0.3, 0.4) is 0 Å². The number of allylic oxidation sites excluding steroid dienone is 5. The van der Waals surface area contributed by atoms with Crippen molar-refractivity contribution in [3.63, 3.8) is 0 Å². The third kappa shape index (κ3) is 55.2. The fourth-order valence-electron chi connectivity index (χ4n) is 9.39. The van der Waals surface area contributed by atoms with Gasteiger partial charge >= 0.3 is 5.97 Å². The van der Waals surface area contributed by atoms with Gasteiger partial charge in [0.05, 0.1) is 25.4 Å². The zero-order chi connectivity index (χ0) is 50.0. The number of hydrogen-bond acceptors (Lipinski definition) is 5. The highest BCUT2D eigenvalue weighted by Gasteiger charge is 2.18. The van der Waals surface area contributed by atoms with Gasteiger partial charge in [0.25, 0.3) is 0 Å². The van der Waals surface area contributed by atoms with Crippen LogP contribution in [0.4, 0.5) is 0 Å². The van der Waals surface area contributed by atoms with E-state index >= 15 is 0 Å². The quantitative estimate of drug-likeness (QED) is 0.0321. The summed E-state index contributed by atoms with van der Waals surface area (Å²) in [5, 5.41) is 23.1. The number of rotatable bonds is 57. The van der Waals surface area contributed by atoms with Crippen LogP contribution in [0.15, 0.2) is 36.5 Å². The lowest BCUT2D eigenvalue weighted by atomic mass is 10.0. The molecule has 3 N–H and O–H groups in total. The molecule has 0 aliphatic rings. The Hall–Kier alpha value is -1.92. The molecule has 0 aliphatic carbocycles. The Labute approximate surface area is 430 Å². The van der Waals surface area contributed by atoms with Crippen LogP contribution in [0.25, 0.3) is 0 Å². The van der Waals surface area contributed by atoms with Gasteiger partial charge in [0.2, 0.25) is 5.91 Å². The zero-order valence-electron chi connectivity index (χ0n) is 46.3. The van der Waals surface area contributed by atoms with Crippen LogP contribution in [0.2, 0.25) is 0 Å². The monoisotopic (exact) mass is 970 g/mol. The van der Waals surface area contributed by atoms with Crippen molar-refractivity contribution in [3.8, 4) is 0 Å². The third-order valence-electron chi connectivity index (χ3n) is 14.1. The summed E-state index contributed by atoms with van der Waals surface area (Å²) in [6.07, 6.45) is 73.2. The summed E-state index contributed by atoms with van der Waals surface area (Å²) in [6, 6.07) is -0.636. The highest BCUT2D eigenvalue weighted by atomic mass is 16.5. The van der Waals surface area contributed by atoms with Crippen LogP contribution < -0.4 is 5.32 Å². The average molecular weight is 971 g/mol. The van der Waals surface area contributed by atoms with Gasteiger partial charge in [-0.05, 0) is 83.5 Å². The predicted molar refractivity (Wildman–Crippen MR) is 301 cm³/mol. The van der Waals surface area contributed by atoms with E-state index in [0.717, 1.165) is 51.4 Å². The van der Waals surface area contributed by atoms with E-state index in [4.69, 9.17) is 4.74 Å². The maximum atomic E-state index is 12.5. The number of ether oxygens (including phenoxy) is 1. The second-order valence-corrected chi connectivity index (χ2v) is 21.0. The van der Waals surface area contributed by atoms with E-state index in [1.165, 1.54) is 250 Å². The lowest BCUT2D eigenvalue weighted by Gasteiger charge is -2.20. The molecule has 0 aliphatic heterocycles. The zero-order valence-corrected chi connectivity index (χ0v) is 46.3. The minimum Gasteiger partial charge on any atom is -0.466 e. The molecule has 1 amide bonds. The molecule has 0 bridgehead atoms. The topological polar surface area (TPSA) is 95.9 Å². The minimum atomic E-state index is -0.851. The van der Waals surface area contributed by atoms with Gasteiger partial charge in [0.1, 0.15) is 0 Å². The first kappa shape index (κ1) is 67.1. The smallest absolute Gasteiger partial charge is 0.305 e. The van der Waals surface area contributed by atoms with E-state index in [9.17, 15) is 19.8 Å². The van der Waals surface area contributed by atoms with Crippen molar-refractivity contribution in [2.45, 2.75) is 341 Å². The number of amides is 1. The molecule has 0 fully saturated rings. The molecular formula is C63H119NO5. The summed E-state index contributed by atoms with van der Waals surface area (Å²) < 4.78 is 5.48. The van der Waals surface area contributed by atoms with E-state index in [0.29, 0.717) is 19.4 Å². The molecule has 0 saturated carbocycles. The van der Waals surface area contributed by atoms with E-state index < -0.39 is 12.1 Å². The first-order valence-corrected chi connectivity index (χ1v) is 30.8. The Balaban J connectivity index is 3.47. The number of hydrogen-bond donors (Lipinski definition) is 3. The molecule has 6 nitrogen and oxygen atoms in total. The lowest BCUT2D eigenvalue weighted by Crippen LogP contribution is -2.45. The first-order chi connectivity index (χ1) is 34.0. The normalized spacial score (nSPS) is 12.8. The lowest BCUT2D eigenvalue weighted by molar-refractivity contribution is -0.143. The Morgan fingerprint density at radius 2 is 0.681 bits per heavy atom. The Morgan fingerprint density at radius 1 is 0.391 bits per heavy atom. The summed E-state index contributed by atoms with van der Waals surface area (Å²) >= 11 is 0. The molecule has 0 aromatic heterocycles. The van der Waals surface area contributed by atoms with Gasteiger partial charge in [-0.15, -0.1) is 0 Å². The molecule has 0 aromatic rings. The molecule has 2 atom stereocenters. The van der Waals surface area contributed by atoms with Gasteiger partial charge in [0.15, 0.2) is 0 Å². The molecule has 0 saturated heterocycles. The van der Waals surface area contributed by atoms with Crippen molar-refractivity contribution in [1.82, 2.24) is 5.32 Å². The Kier molecular flexibility index (Phi) is 57.0. The molecule has 0 heterocycles. The van der Waals surface area contributed by atoms with Gasteiger partial charge in [-0.2, -0.15) is 0 Å². The molecule has 0 spiro atoms. The van der Waals surface area contributed by atoms with E-state index in [1.54, 1.807) is 6.08 Å². The number of aliphatic hydroxyl groups is 2. The van der Waals surface area contributed by atoms with Crippen molar-refractivity contribution in [2.24, 2.45) is 0 Å². The van der Waals surface area contributed by atoms with Crippen LogP contribution in [-0.4, -0.2) is 47.4 Å². The van der Waals surface area contributed by atoms with Gasteiger partial charge < -0.3 is 20.3 Å². The van der Waals surface area contributed by atoms with Crippen molar-refractivity contribution in [3.05, 3.63) is 36.5 Å². The molecule has 0 rings (SSSR count). The fourth-order valence-corrected chi connectivity index (χ4v) is 9.39. The molecule has 0 radical (unpaired) electrons. The Bertz CT molecular complexity index is 1120. The SMILES string of the molecule is CCCCCCCCC/C=C\CCCCCCCC(=O)OCCCCCCCCCC/C=C\CCCCCCCCCC(=O)NC(CO)C(O)/C=C/CCCCCCCCCCCCCCCCC. The van der Waals surface area contributed by atoms with Gasteiger partial charge in [-0.1, -0.05) is 269 Å². The maximum Gasteiger partial charge on any atom is 0.305 e. The van der Waals surface area contributed by atoms with E-state index in [1.807, 2.05) is 6.08 Å². The van der Waals surface area contributed by atoms with Crippen molar-refractivity contribution in [2.75, 3.05) is 13.2 Å². The van der Waals surface area contributed by atoms with Crippen LogP contribution in [0, 0.1) is 0 Å². The number of carbonyl (C=O) groups is 2. The minimum absolute atomic E-state index is 0.00413. The van der Waals surface area contributed by atoms with Crippen LogP contribution in [0.5, 0.6) is 0 Å². The number of aliphatic hydroxyl groups excluding tert-OH is 2. The Morgan fingerprint density at radius 3 is 1.03 bits per heavy atom. The number of unbranched alkanes of at least 4 members (excludes halogenated alkanes) is 42. The summed E-state index contributed by atoms with van der Waals surface area (Å²) in [5.74, 6) is -0.0804. The summed E-state index contributed by atoms with van der Waals surface area (Å²) in [7, 11) is 0. The molecule has 69 heavy (non-hydrogen) atoms. The van der Waals surface area contributed by atoms with Crippen LogP contribution in [-0.2, 0) is 14.3 Å². The second-order valence-electron chi connectivity index (χ2n) is 21.0. The van der Waals surface area contributed by atoms with Gasteiger partial charge in [-0.25, -0.2) is 0 Å². The first-order valence-electron chi connectivity index (χ1n) is 30.8. The summed E-state index contributed by atoms with van der Waals surface area (Å²) in [5.41, 5.74) is 0. The predicted octanol–water partition coefficient (Wildman–Crippen LogP) is 19.2. The van der Waals surface area contributed by atoms with Crippen molar-refractivity contribution >= 4 is 11.9 Å². The number of esters is 1. The molecule has 6 heteroatoms. The van der Waals surface area contributed by atoms with Crippen molar-refractivity contribution < 1.29 is 24.5 Å². The fraction of sp³-hybridized carbons (Fsp3) is 0.873. The highest BCUT2D eigenvalue weighted by Crippen LogP contribution is 2.16. The largest absolute Gasteiger partial charge is 0.466 e. The number of carbonyl (C=O) groups excluding carboxylic acids is 2. The maximum absolute atomic E-state index is 12.5. The second kappa shape index (κ2) is 58.6. The summed E-state index contributed by atoms with van der Waals surface area (Å²) in [6.45, 7) is 4.90. The van der Waals surface area contributed by atoms with Gasteiger partial charge in [-0.3, -0.25) is 9.59 Å². The van der Waals surface area contributed by atoms with Crippen LogP contribution >= 0.6 is 0 Å².